The van der Waals surface area contributed by atoms with Crippen LogP contribution in [0, 0.1) is 13.8 Å². The summed E-state index contributed by atoms with van der Waals surface area (Å²) in [5.41, 5.74) is 3.78. The topological polar surface area (TPSA) is 17.8 Å². The summed E-state index contributed by atoms with van der Waals surface area (Å²) in [5, 5.41) is 5.13. The second kappa shape index (κ2) is 5.01. The largest absolute Gasteiger partial charge is 0.235 e. The zero-order valence-electron chi connectivity index (χ0n) is 9.47. The summed E-state index contributed by atoms with van der Waals surface area (Å²) >= 11 is 15.7. The van der Waals surface area contributed by atoms with Crippen LogP contribution in [0.5, 0.6) is 0 Å². The summed E-state index contributed by atoms with van der Waals surface area (Å²) in [4.78, 5) is 0. The Morgan fingerprint density at radius 3 is 2.59 bits per heavy atom. The minimum atomic E-state index is 0.409. The van der Waals surface area contributed by atoms with Crippen LogP contribution >= 0.6 is 39.1 Å². The number of aromatic nitrogens is 2. The van der Waals surface area contributed by atoms with E-state index in [0.717, 1.165) is 27.1 Å². The van der Waals surface area contributed by atoms with Crippen molar-refractivity contribution in [2.45, 2.75) is 19.7 Å². The first-order valence-corrected chi connectivity index (χ1v) is 6.82. The highest BCUT2D eigenvalue weighted by Gasteiger charge is 2.15. The molecule has 0 N–H and O–H groups in total. The van der Waals surface area contributed by atoms with E-state index >= 15 is 0 Å². The first kappa shape index (κ1) is 12.9. The molecule has 0 fully saturated rings. The Morgan fingerprint density at radius 2 is 2.06 bits per heavy atom. The first-order valence-electron chi connectivity index (χ1n) is 5.11. The third-order valence-corrected chi connectivity index (χ3v) is 4.37. The van der Waals surface area contributed by atoms with Crippen molar-refractivity contribution in [3.63, 3.8) is 0 Å². The predicted octanol–water partition coefficient (Wildman–Crippen LogP) is 4.64. The zero-order valence-corrected chi connectivity index (χ0v) is 12.6. The van der Waals surface area contributed by atoms with Gasteiger partial charge in [0.2, 0.25) is 0 Å². The van der Waals surface area contributed by atoms with Gasteiger partial charge in [-0.2, -0.15) is 5.10 Å². The van der Waals surface area contributed by atoms with Crippen LogP contribution in [0.2, 0.25) is 5.02 Å². The van der Waals surface area contributed by atoms with Gasteiger partial charge in [0.25, 0.3) is 0 Å². The summed E-state index contributed by atoms with van der Waals surface area (Å²) < 4.78 is 2.83. The Kier molecular flexibility index (Phi) is 3.81. The third-order valence-electron chi connectivity index (χ3n) is 2.63. The third kappa shape index (κ3) is 2.24. The molecule has 1 aromatic carbocycles. The molecule has 2 nitrogen and oxygen atoms in total. The monoisotopic (exact) mass is 332 g/mol. The Morgan fingerprint density at radius 1 is 1.35 bits per heavy atom. The number of hydrogen-bond acceptors (Lipinski definition) is 1. The molecule has 0 radical (unpaired) electrons. The van der Waals surface area contributed by atoms with E-state index in [1.165, 1.54) is 0 Å². The molecule has 0 amide bonds. The van der Waals surface area contributed by atoms with Gasteiger partial charge in [0.15, 0.2) is 0 Å². The van der Waals surface area contributed by atoms with Gasteiger partial charge in [0, 0.05) is 5.88 Å². The summed E-state index contributed by atoms with van der Waals surface area (Å²) in [6.45, 7) is 3.94. The average molecular weight is 334 g/mol. The maximum atomic E-state index is 6.24. The maximum Gasteiger partial charge on any atom is 0.0879 e. The van der Waals surface area contributed by atoms with Crippen LogP contribution in [0.3, 0.4) is 0 Å². The van der Waals surface area contributed by atoms with E-state index in [9.17, 15) is 0 Å². The average Bonchev–Trinajstić information content (AvgIpc) is 2.56. The standard InChI is InChI=1S/C12H11BrCl2N2/c1-7-11(13)8(2)17(16-7)12-9(6-14)4-3-5-10(12)15/h3-5H,6H2,1-2H3. The summed E-state index contributed by atoms with van der Waals surface area (Å²) in [6, 6.07) is 5.69. The fourth-order valence-electron chi connectivity index (χ4n) is 1.75. The lowest BCUT2D eigenvalue weighted by atomic mass is 10.2. The van der Waals surface area contributed by atoms with Gasteiger partial charge >= 0.3 is 0 Å². The van der Waals surface area contributed by atoms with Crippen molar-refractivity contribution in [2.24, 2.45) is 0 Å². The smallest absolute Gasteiger partial charge is 0.0879 e. The molecule has 0 saturated heterocycles. The van der Waals surface area contributed by atoms with Gasteiger partial charge in [-0.15, -0.1) is 11.6 Å². The van der Waals surface area contributed by atoms with Gasteiger partial charge in [-0.1, -0.05) is 23.7 Å². The minimum Gasteiger partial charge on any atom is -0.235 e. The van der Waals surface area contributed by atoms with Crippen molar-refractivity contribution in [1.82, 2.24) is 9.78 Å². The Hall–Kier alpha value is -0.510. The van der Waals surface area contributed by atoms with Crippen LogP contribution in [0.1, 0.15) is 17.0 Å². The highest BCUT2D eigenvalue weighted by Crippen LogP contribution is 2.30. The molecule has 5 heteroatoms. The second-order valence-corrected chi connectivity index (χ2v) is 5.25. The summed E-state index contributed by atoms with van der Waals surface area (Å²) in [6.07, 6.45) is 0. The fraction of sp³-hybridized carbons (Fsp3) is 0.250. The van der Waals surface area contributed by atoms with Crippen molar-refractivity contribution < 1.29 is 0 Å². The fourth-order valence-corrected chi connectivity index (χ4v) is 2.48. The van der Waals surface area contributed by atoms with E-state index in [1.807, 2.05) is 36.7 Å². The molecule has 0 aliphatic rings. The minimum absolute atomic E-state index is 0.409. The van der Waals surface area contributed by atoms with Crippen molar-refractivity contribution >= 4 is 39.1 Å². The van der Waals surface area contributed by atoms with E-state index in [2.05, 4.69) is 21.0 Å². The van der Waals surface area contributed by atoms with E-state index < -0.39 is 0 Å². The normalized spacial score (nSPS) is 10.9. The number of rotatable bonds is 2. The maximum absolute atomic E-state index is 6.24. The first-order chi connectivity index (χ1) is 8.06. The van der Waals surface area contributed by atoms with Crippen LogP contribution < -0.4 is 0 Å². The predicted molar refractivity (Wildman–Crippen MR) is 75.3 cm³/mol. The lowest BCUT2D eigenvalue weighted by Crippen LogP contribution is -2.03. The molecule has 0 aliphatic carbocycles. The molecule has 0 unspecified atom stereocenters. The summed E-state index contributed by atoms with van der Waals surface area (Å²) in [5.74, 6) is 0.409. The SMILES string of the molecule is Cc1nn(-c2c(Cl)cccc2CCl)c(C)c1Br. The molecular formula is C12H11BrCl2N2. The molecule has 1 aromatic heterocycles. The molecule has 0 bridgehead atoms. The number of halogens is 3. The number of aryl methyl sites for hydroxylation is 1. The lowest BCUT2D eigenvalue weighted by molar-refractivity contribution is 0.826. The number of hydrogen-bond donors (Lipinski definition) is 0. The van der Waals surface area contributed by atoms with Crippen LogP contribution in [-0.4, -0.2) is 9.78 Å². The molecule has 0 aliphatic heterocycles. The molecule has 0 saturated carbocycles. The Balaban J connectivity index is 2.72. The molecule has 0 spiro atoms. The van der Waals surface area contributed by atoms with Crippen molar-refractivity contribution in [3.05, 3.63) is 44.6 Å². The van der Waals surface area contributed by atoms with Crippen LogP contribution in [0.4, 0.5) is 0 Å². The van der Waals surface area contributed by atoms with Gasteiger partial charge in [0.05, 0.1) is 26.6 Å². The van der Waals surface area contributed by atoms with Gasteiger partial charge < -0.3 is 0 Å². The summed E-state index contributed by atoms with van der Waals surface area (Å²) in [7, 11) is 0. The molecule has 90 valence electrons. The quantitative estimate of drug-likeness (QED) is 0.732. The number of benzene rings is 1. The molecular weight excluding hydrogens is 323 g/mol. The van der Waals surface area contributed by atoms with Gasteiger partial charge in [-0.05, 0) is 41.4 Å². The Labute approximate surface area is 119 Å². The number of para-hydroxylation sites is 1. The molecule has 1 heterocycles. The van der Waals surface area contributed by atoms with Gasteiger partial charge in [-0.3, -0.25) is 0 Å². The van der Waals surface area contributed by atoms with Crippen molar-refractivity contribution in [2.75, 3.05) is 0 Å². The van der Waals surface area contributed by atoms with Crippen LogP contribution in [-0.2, 0) is 5.88 Å². The molecule has 2 aromatic rings. The van der Waals surface area contributed by atoms with Gasteiger partial charge in [-0.25, -0.2) is 4.68 Å². The second-order valence-electron chi connectivity index (χ2n) is 3.78. The van der Waals surface area contributed by atoms with Gasteiger partial charge in [0.1, 0.15) is 0 Å². The van der Waals surface area contributed by atoms with E-state index in [1.54, 1.807) is 0 Å². The van der Waals surface area contributed by atoms with E-state index in [0.29, 0.717) is 10.9 Å². The van der Waals surface area contributed by atoms with Crippen LogP contribution in [0.15, 0.2) is 22.7 Å². The Bertz CT molecular complexity index is 564. The highest BCUT2D eigenvalue weighted by atomic mass is 79.9. The zero-order chi connectivity index (χ0) is 12.6. The van der Waals surface area contributed by atoms with Crippen molar-refractivity contribution in [1.29, 1.82) is 0 Å². The lowest BCUT2D eigenvalue weighted by Gasteiger charge is -2.11. The van der Waals surface area contributed by atoms with E-state index in [4.69, 9.17) is 23.2 Å². The molecule has 17 heavy (non-hydrogen) atoms. The van der Waals surface area contributed by atoms with E-state index in [-0.39, 0.29) is 0 Å². The number of nitrogens with zero attached hydrogens (tertiary/aromatic N) is 2. The molecule has 2 rings (SSSR count). The molecule has 0 atom stereocenters. The van der Waals surface area contributed by atoms with Crippen LogP contribution in [0.25, 0.3) is 5.69 Å². The number of alkyl halides is 1. The van der Waals surface area contributed by atoms with Crippen molar-refractivity contribution in [3.8, 4) is 5.69 Å². The highest BCUT2D eigenvalue weighted by molar-refractivity contribution is 9.10.